The Morgan fingerprint density at radius 1 is 1.10 bits per heavy atom. The molecule has 20 heavy (non-hydrogen) atoms. The lowest BCUT2D eigenvalue weighted by Crippen LogP contribution is -2.40. The van der Waals surface area contributed by atoms with Crippen LogP contribution in [0.4, 0.5) is 4.79 Å². The molecule has 0 aromatic carbocycles. The van der Waals surface area contributed by atoms with Gasteiger partial charge in [0, 0.05) is 0 Å². The normalized spacial score (nSPS) is 12.7. The van der Waals surface area contributed by atoms with Crippen LogP contribution in [0.3, 0.4) is 0 Å². The minimum atomic E-state index is -0.686. The smallest absolute Gasteiger partial charge is 0.407 e. The molecule has 0 bridgehead atoms. The summed E-state index contributed by atoms with van der Waals surface area (Å²) in [6.07, 6.45) is 3.62. The molecule has 0 radical (unpaired) electrons. The van der Waals surface area contributed by atoms with Crippen molar-refractivity contribution in [2.45, 2.75) is 66.3 Å². The molecule has 0 aromatic heterocycles. The van der Waals surface area contributed by atoms with Gasteiger partial charge in [0.1, 0.15) is 6.04 Å². The van der Waals surface area contributed by atoms with E-state index in [9.17, 15) is 9.59 Å². The van der Waals surface area contributed by atoms with Gasteiger partial charge in [-0.2, -0.15) is 0 Å². The van der Waals surface area contributed by atoms with Crippen LogP contribution in [-0.4, -0.2) is 31.3 Å². The second-order valence-corrected chi connectivity index (χ2v) is 6.23. The summed E-state index contributed by atoms with van der Waals surface area (Å²) in [6, 6.07) is -0.686. The fraction of sp³-hybridized carbons (Fsp3) is 0.867. The van der Waals surface area contributed by atoms with Gasteiger partial charge in [0.2, 0.25) is 0 Å². The Morgan fingerprint density at radius 3 is 2.30 bits per heavy atom. The second kappa shape index (κ2) is 9.61. The van der Waals surface area contributed by atoms with E-state index in [4.69, 9.17) is 9.47 Å². The maximum Gasteiger partial charge on any atom is 0.407 e. The number of amides is 1. The molecule has 0 fully saturated rings. The molecule has 1 amide bonds. The summed E-state index contributed by atoms with van der Waals surface area (Å²) < 4.78 is 10.1. The van der Waals surface area contributed by atoms with Gasteiger partial charge in [-0.15, -0.1) is 0 Å². The van der Waals surface area contributed by atoms with Crippen LogP contribution >= 0.6 is 0 Å². The van der Waals surface area contributed by atoms with Gasteiger partial charge >= 0.3 is 12.1 Å². The summed E-state index contributed by atoms with van der Waals surface area (Å²) >= 11 is 0. The van der Waals surface area contributed by atoms with E-state index in [1.807, 2.05) is 20.8 Å². The minimum absolute atomic E-state index is 0.0969. The molecule has 118 valence electrons. The van der Waals surface area contributed by atoms with E-state index in [-0.39, 0.29) is 5.41 Å². The van der Waals surface area contributed by atoms with E-state index in [0.717, 1.165) is 25.7 Å². The first-order valence-electron chi connectivity index (χ1n) is 7.36. The molecule has 0 saturated carbocycles. The topological polar surface area (TPSA) is 64.6 Å². The number of ether oxygens (including phenoxy) is 2. The lowest BCUT2D eigenvalue weighted by molar-refractivity contribution is -0.145. The fourth-order valence-corrected chi connectivity index (χ4v) is 1.39. The zero-order valence-electron chi connectivity index (χ0n) is 13.5. The van der Waals surface area contributed by atoms with Gasteiger partial charge in [-0.3, -0.25) is 0 Å². The number of unbranched alkanes of at least 4 members (excludes halogenated alkanes) is 3. The van der Waals surface area contributed by atoms with Crippen LogP contribution in [0.25, 0.3) is 0 Å². The van der Waals surface area contributed by atoms with Gasteiger partial charge in [0.25, 0.3) is 0 Å². The molecule has 5 heteroatoms. The van der Waals surface area contributed by atoms with Gasteiger partial charge in [-0.05, 0) is 18.8 Å². The van der Waals surface area contributed by atoms with E-state index >= 15 is 0 Å². The quantitative estimate of drug-likeness (QED) is 0.549. The number of alkyl carbamates (subject to hydrolysis) is 1. The zero-order valence-corrected chi connectivity index (χ0v) is 13.5. The highest BCUT2D eigenvalue weighted by Crippen LogP contribution is 2.12. The summed E-state index contributed by atoms with van der Waals surface area (Å²) in [6.45, 7) is 10.3. The Kier molecular flexibility index (Phi) is 9.01. The van der Waals surface area contributed by atoms with E-state index in [1.54, 1.807) is 6.92 Å². The minimum Gasteiger partial charge on any atom is -0.464 e. The van der Waals surface area contributed by atoms with Crippen molar-refractivity contribution >= 4 is 12.1 Å². The Balaban J connectivity index is 3.81. The third kappa shape index (κ3) is 10.6. The molecule has 0 rings (SSSR count). The summed E-state index contributed by atoms with van der Waals surface area (Å²) in [7, 11) is 0. The number of hydrogen-bond acceptors (Lipinski definition) is 4. The van der Waals surface area contributed by atoms with Crippen molar-refractivity contribution in [3.05, 3.63) is 0 Å². The Bertz CT molecular complexity index is 297. The molecule has 0 aliphatic heterocycles. The molecule has 0 aliphatic carbocycles. The third-order valence-corrected chi connectivity index (χ3v) is 2.57. The number of esters is 1. The molecular weight excluding hydrogens is 258 g/mol. The molecule has 0 aromatic rings. The highest BCUT2D eigenvalue weighted by atomic mass is 16.6. The van der Waals surface area contributed by atoms with Crippen molar-refractivity contribution in [2.75, 3.05) is 13.2 Å². The van der Waals surface area contributed by atoms with Gasteiger partial charge in [0.15, 0.2) is 0 Å². The number of carbonyl (C=O) groups is 2. The van der Waals surface area contributed by atoms with Crippen LogP contribution in [-0.2, 0) is 14.3 Å². The zero-order chi connectivity index (χ0) is 15.6. The number of hydrogen-bond donors (Lipinski definition) is 1. The average Bonchev–Trinajstić information content (AvgIpc) is 2.35. The van der Waals surface area contributed by atoms with Crippen molar-refractivity contribution in [2.24, 2.45) is 5.41 Å². The monoisotopic (exact) mass is 287 g/mol. The van der Waals surface area contributed by atoms with Crippen molar-refractivity contribution < 1.29 is 19.1 Å². The van der Waals surface area contributed by atoms with Crippen molar-refractivity contribution in [3.8, 4) is 0 Å². The van der Waals surface area contributed by atoms with Gasteiger partial charge in [0.05, 0.1) is 13.2 Å². The van der Waals surface area contributed by atoms with E-state index < -0.39 is 18.1 Å². The Labute approximate surface area is 122 Å². The van der Waals surface area contributed by atoms with Crippen LogP contribution < -0.4 is 5.32 Å². The number of nitrogens with one attached hydrogen (secondary N) is 1. The molecule has 1 N–H and O–H groups in total. The van der Waals surface area contributed by atoms with Crippen molar-refractivity contribution in [1.82, 2.24) is 5.32 Å². The molecule has 1 atom stereocenters. The summed E-state index contributed by atoms with van der Waals surface area (Å²) in [5.74, 6) is -0.422. The van der Waals surface area contributed by atoms with Gasteiger partial charge in [-0.1, -0.05) is 47.0 Å². The number of rotatable bonds is 8. The molecule has 1 unspecified atom stereocenters. The van der Waals surface area contributed by atoms with Crippen molar-refractivity contribution in [1.29, 1.82) is 0 Å². The van der Waals surface area contributed by atoms with Crippen LogP contribution in [0.2, 0.25) is 0 Å². The lowest BCUT2D eigenvalue weighted by atomic mass is 9.99. The van der Waals surface area contributed by atoms with Gasteiger partial charge < -0.3 is 14.8 Å². The maximum absolute atomic E-state index is 11.6. The van der Waals surface area contributed by atoms with Crippen LogP contribution in [0, 0.1) is 5.41 Å². The second-order valence-electron chi connectivity index (χ2n) is 6.23. The summed E-state index contributed by atoms with van der Waals surface area (Å²) in [4.78, 5) is 23.1. The standard InChI is InChI=1S/C15H29NO4/c1-6-7-8-9-10-19-13(17)12(2)16-14(18)20-11-15(3,4)5/h12H,6-11H2,1-5H3,(H,16,18). The first-order valence-corrected chi connectivity index (χ1v) is 7.36. The fourth-order valence-electron chi connectivity index (χ4n) is 1.39. The summed E-state index contributed by atoms with van der Waals surface area (Å²) in [5.41, 5.74) is -0.0969. The predicted molar refractivity (Wildman–Crippen MR) is 78.5 cm³/mol. The van der Waals surface area contributed by atoms with E-state index in [0.29, 0.717) is 13.2 Å². The first-order chi connectivity index (χ1) is 9.26. The molecule has 0 aliphatic rings. The Hall–Kier alpha value is -1.26. The maximum atomic E-state index is 11.6. The number of carbonyl (C=O) groups excluding carboxylic acids is 2. The van der Waals surface area contributed by atoms with Crippen molar-refractivity contribution in [3.63, 3.8) is 0 Å². The molecule has 5 nitrogen and oxygen atoms in total. The van der Waals surface area contributed by atoms with E-state index in [2.05, 4.69) is 12.2 Å². The highest BCUT2D eigenvalue weighted by Gasteiger charge is 2.19. The lowest BCUT2D eigenvalue weighted by Gasteiger charge is -2.19. The molecule has 0 spiro atoms. The third-order valence-electron chi connectivity index (χ3n) is 2.57. The molecule has 0 saturated heterocycles. The molecular formula is C15H29NO4. The van der Waals surface area contributed by atoms with Crippen LogP contribution in [0.15, 0.2) is 0 Å². The predicted octanol–water partition coefficient (Wildman–Crippen LogP) is 3.27. The SMILES string of the molecule is CCCCCCOC(=O)C(C)NC(=O)OCC(C)(C)C. The largest absolute Gasteiger partial charge is 0.464 e. The van der Waals surface area contributed by atoms with E-state index in [1.165, 1.54) is 0 Å². The first kappa shape index (κ1) is 18.7. The van der Waals surface area contributed by atoms with Gasteiger partial charge in [-0.25, -0.2) is 9.59 Å². The molecule has 0 heterocycles. The Morgan fingerprint density at radius 2 is 1.75 bits per heavy atom. The summed E-state index contributed by atoms with van der Waals surface area (Å²) in [5, 5.41) is 2.47. The van der Waals surface area contributed by atoms with Crippen LogP contribution in [0.5, 0.6) is 0 Å². The average molecular weight is 287 g/mol. The highest BCUT2D eigenvalue weighted by molar-refractivity contribution is 5.80. The van der Waals surface area contributed by atoms with Crippen LogP contribution in [0.1, 0.15) is 60.3 Å².